The Morgan fingerprint density at radius 3 is 2.46 bits per heavy atom. The SMILES string of the molecule is COc1ccccc1NC(=O)NC1C[C@H]2CCC[C@H](C1)[NH+]2C1CC1. The van der Waals surface area contributed by atoms with Crippen molar-refractivity contribution in [3.8, 4) is 5.75 Å². The van der Waals surface area contributed by atoms with Crippen molar-refractivity contribution in [2.45, 2.75) is 69.1 Å². The molecule has 0 spiro atoms. The predicted molar refractivity (Wildman–Crippen MR) is 93.6 cm³/mol. The molecule has 5 heteroatoms. The molecule has 2 aliphatic heterocycles. The highest BCUT2D eigenvalue weighted by Gasteiger charge is 2.48. The first-order valence-electron chi connectivity index (χ1n) is 9.31. The van der Waals surface area contributed by atoms with E-state index in [9.17, 15) is 4.79 Å². The third-order valence-corrected chi connectivity index (χ3v) is 5.93. The third-order valence-electron chi connectivity index (χ3n) is 5.93. The Morgan fingerprint density at radius 1 is 1.08 bits per heavy atom. The zero-order chi connectivity index (χ0) is 16.5. The molecule has 3 aliphatic rings. The Balaban J connectivity index is 1.36. The Morgan fingerprint density at radius 2 is 1.79 bits per heavy atom. The average Bonchev–Trinajstić information content (AvgIpc) is 3.39. The summed E-state index contributed by atoms with van der Waals surface area (Å²) in [6, 6.07) is 10.1. The Bertz CT molecular complexity index is 588. The van der Waals surface area contributed by atoms with Crippen molar-refractivity contribution < 1.29 is 14.4 Å². The molecule has 2 amide bonds. The Kier molecular flexibility index (Phi) is 4.35. The van der Waals surface area contributed by atoms with Gasteiger partial charge in [-0.25, -0.2) is 4.79 Å². The van der Waals surface area contributed by atoms with Crippen LogP contribution in [0.3, 0.4) is 0 Å². The van der Waals surface area contributed by atoms with Gasteiger partial charge in [0.15, 0.2) is 0 Å². The van der Waals surface area contributed by atoms with E-state index in [0.717, 1.165) is 36.7 Å². The minimum atomic E-state index is -0.113. The number of nitrogens with one attached hydrogen (secondary N) is 3. The van der Waals surface area contributed by atoms with Crippen molar-refractivity contribution >= 4 is 11.7 Å². The van der Waals surface area contributed by atoms with Crippen LogP contribution in [0.15, 0.2) is 24.3 Å². The quantitative estimate of drug-likeness (QED) is 0.790. The van der Waals surface area contributed by atoms with Gasteiger partial charge in [0.2, 0.25) is 0 Å². The predicted octanol–water partition coefficient (Wildman–Crippen LogP) is 1.95. The Labute approximate surface area is 143 Å². The topological polar surface area (TPSA) is 54.8 Å². The van der Waals surface area contributed by atoms with Gasteiger partial charge in [0.25, 0.3) is 0 Å². The second-order valence-electron chi connectivity index (χ2n) is 7.57. The van der Waals surface area contributed by atoms with Gasteiger partial charge in [-0.05, 0) is 31.4 Å². The summed E-state index contributed by atoms with van der Waals surface area (Å²) in [6.07, 6.45) is 9.10. The monoisotopic (exact) mass is 330 g/mol. The van der Waals surface area contributed by atoms with E-state index in [1.165, 1.54) is 32.1 Å². The van der Waals surface area contributed by atoms with Crippen molar-refractivity contribution in [3.05, 3.63) is 24.3 Å². The molecule has 1 aromatic rings. The second-order valence-corrected chi connectivity index (χ2v) is 7.57. The number of anilines is 1. The molecular formula is C19H28N3O2+. The number of amides is 2. The molecule has 3 N–H and O–H groups in total. The number of hydrogen-bond donors (Lipinski definition) is 3. The summed E-state index contributed by atoms with van der Waals surface area (Å²) in [5.74, 6) is 0.692. The van der Waals surface area contributed by atoms with Crippen LogP contribution in [0.25, 0.3) is 0 Å². The number of benzene rings is 1. The molecule has 2 bridgehead atoms. The number of carbonyl (C=O) groups excluding carboxylic acids is 1. The fourth-order valence-corrected chi connectivity index (χ4v) is 4.86. The lowest BCUT2D eigenvalue weighted by molar-refractivity contribution is -0.971. The highest BCUT2D eigenvalue weighted by molar-refractivity contribution is 5.91. The third kappa shape index (κ3) is 3.22. The summed E-state index contributed by atoms with van der Waals surface area (Å²) < 4.78 is 5.30. The van der Waals surface area contributed by atoms with E-state index in [4.69, 9.17) is 4.74 Å². The molecule has 2 heterocycles. The van der Waals surface area contributed by atoms with E-state index >= 15 is 0 Å². The van der Waals surface area contributed by atoms with Gasteiger partial charge < -0.3 is 20.3 Å². The first-order chi connectivity index (χ1) is 11.7. The normalized spacial score (nSPS) is 32.0. The van der Waals surface area contributed by atoms with Crippen LogP contribution in [-0.4, -0.2) is 37.3 Å². The van der Waals surface area contributed by atoms with Gasteiger partial charge in [0, 0.05) is 31.7 Å². The smallest absolute Gasteiger partial charge is 0.319 e. The van der Waals surface area contributed by atoms with E-state index in [-0.39, 0.29) is 6.03 Å². The van der Waals surface area contributed by atoms with Crippen LogP contribution < -0.4 is 20.3 Å². The number of hydrogen-bond acceptors (Lipinski definition) is 2. The van der Waals surface area contributed by atoms with Gasteiger partial charge in [-0.2, -0.15) is 0 Å². The van der Waals surface area contributed by atoms with Crippen LogP contribution in [0.4, 0.5) is 10.5 Å². The second kappa shape index (κ2) is 6.63. The lowest BCUT2D eigenvalue weighted by atomic mass is 9.81. The largest absolute Gasteiger partial charge is 0.495 e. The molecule has 1 aliphatic carbocycles. The lowest BCUT2D eigenvalue weighted by Crippen LogP contribution is -3.22. The molecule has 4 rings (SSSR count). The summed E-state index contributed by atoms with van der Waals surface area (Å²) >= 11 is 0. The van der Waals surface area contributed by atoms with Gasteiger partial charge in [-0.15, -0.1) is 0 Å². The van der Waals surface area contributed by atoms with Gasteiger partial charge >= 0.3 is 6.03 Å². The van der Waals surface area contributed by atoms with Gasteiger partial charge in [0.1, 0.15) is 5.75 Å². The first kappa shape index (κ1) is 15.8. The van der Waals surface area contributed by atoms with E-state index in [1.54, 1.807) is 7.11 Å². The van der Waals surface area contributed by atoms with E-state index in [0.29, 0.717) is 11.8 Å². The van der Waals surface area contributed by atoms with Crippen molar-refractivity contribution in [2.75, 3.05) is 12.4 Å². The number of ether oxygens (including phenoxy) is 1. The lowest BCUT2D eigenvalue weighted by Gasteiger charge is -2.46. The van der Waals surface area contributed by atoms with Gasteiger partial charge in [0.05, 0.1) is 30.9 Å². The van der Waals surface area contributed by atoms with Gasteiger partial charge in [-0.3, -0.25) is 0 Å². The molecule has 2 atom stereocenters. The number of methoxy groups -OCH3 is 1. The molecule has 130 valence electrons. The number of urea groups is 1. The number of rotatable bonds is 4. The average molecular weight is 330 g/mol. The first-order valence-corrected chi connectivity index (χ1v) is 9.31. The Hall–Kier alpha value is -1.75. The van der Waals surface area contributed by atoms with Crippen LogP contribution >= 0.6 is 0 Å². The van der Waals surface area contributed by atoms with Gasteiger partial charge in [-0.1, -0.05) is 12.1 Å². The summed E-state index contributed by atoms with van der Waals surface area (Å²) in [4.78, 5) is 14.3. The summed E-state index contributed by atoms with van der Waals surface area (Å²) in [6.45, 7) is 0. The van der Waals surface area contributed by atoms with Crippen molar-refractivity contribution in [1.82, 2.24) is 5.32 Å². The number of quaternary nitrogens is 1. The standard InChI is InChI=1S/C19H27N3O2/c1-24-18-8-3-2-7-17(18)21-19(23)20-13-11-15-5-4-6-16(12-13)22(15)14-9-10-14/h2-3,7-8,13-16H,4-6,9-12H2,1H3,(H2,20,21,23)/p+1/t15-,16-/m1/s1. The molecule has 24 heavy (non-hydrogen) atoms. The number of piperidine rings is 2. The van der Waals surface area contributed by atoms with Crippen LogP contribution in [0, 0.1) is 0 Å². The summed E-state index contributed by atoms with van der Waals surface area (Å²) in [5, 5.41) is 6.15. The molecule has 1 aromatic carbocycles. The molecule has 3 fully saturated rings. The van der Waals surface area contributed by atoms with Crippen molar-refractivity contribution in [1.29, 1.82) is 0 Å². The molecular weight excluding hydrogens is 302 g/mol. The van der Waals surface area contributed by atoms with E-state index in [1.807, 2.05) is 29.2 Å². The fraction of sp³-hybridized carbons (Fsp3) is 0.632. The maximum absolute atomic E-state index is 12.4. The molecule has 0 radical (unpaired) electrons. The molecule has 2 saturated heterocycles. The maximum Gasteiger partial charge on any atom is 0.319 e. The van der Waals surface area contributed by atoms with Crippen LogP contribution in [0.5, 0.6) is 5.75 Å². The minimum Gasteiger partial charge on any atom is -0.495 e. The zero-order valence-electron chi connectivity index (χ0n) is 14.4. The number of fused-ring (bicyclic) bond motifs is 2. The highest BCUT2D eigenvalue weighted by Crippen LogP contribution is 2.28. The fourth-order valence-electron chi connectivity index (χ4n) is 4.86. The van der Waals surface area contributed by atoms with Crippen molar-refractivity contribution in [3.63, 3.8) is 0 Å². The minimum absolute atomic E-state index is 0.113. The molecule has 5 nitrogen and oxygen atoms in total. The van der Waals surface area contributed by atoms with E-state index < -0.39 is 0 Å². The van der Waals surface area contributed by atoms with Crippen LogP contribution in [0.1, 0.15) is 44.9 Å². The zero-order valence-corrected chi connectivity index (χ0v) is 14.4. The summed E-state index contributed by atoms with van der Waals surface area (Å²) in [5.41, 5.74) is 0.721. The van der Waals surface area contributed by atoms with Crippen molar-refractivity contribution in [2.24, 2.45) is 0 Å². The number of para-hydroxylation sites is 2. The molecule has 1 saturated carbocycles. The van der Waals surface area contributed by atoms with E-state index in [2.05, 4.69) is 10.6 Å². The highest BCUT2D eigenvalue weighted by atomic mass is 16.5. The summed E-state index contributed by atoms with van der Waals surface area (Å²) in [7, 11) is 1.62. The van der Waals surface area contributed by atoms with Crippen LogP contribution in [0.2, 0.25) is 0 Å². The molecule has 0 unspecified atom stereocenters. The maximum atomic E-state index is 12.4. The van der Waals surface area contributed by atoms with Crippen LogP contribution in [-0.2, 0) is 0 Å². The molecule has 0 aromatic heterocycles. The number of carbonyl (C=O) groups is 1.